The summed E-state index contributed by atoms with van der Waals surface area (Å²) in [6.07, 6.45) is 0.753. The van der Waals surface area contributed by atoms with Gasteiger partial charge in [0.15, 0.2) is 6.10 Å². The van der Waals surface area contributed by atoms with Crippen LogP contribution in [-0.2, 0) is 4.79 Å². The highest BCUT2D eigenvalue weighted by molar-refractivity contribution is 6.30. The van der Waals surface area contributed by atoms with Crippen molar-refractivity contribution in [1.82, 2.24) is 5.43 Å². The van der Waals surface area contributed by atoms with Gasteiger partial charge in [0.1, 0.15) is 11.5 Å². The first-order valence-electron chi connectivity index (χ1n) is 11.2. The third-order valence-electron chi connectivity index (χ3n) is 5.20. The van der Waals surface area contributed by atoms with Crippen LogP contribution in [-0.4, -0.2) is 24.2 Å². The van der Waals surface area contributed by atoms with E-state index in [9.17, 15) is 9.59 Å². The Labute approximate surface area is 214 Å². The van der Waals surface area contributed by atoms with E-state index in [0.717, 1.165) is 11.1 Å². The van der Waals surface area contributed by atoms with Gasteiger partial charge in [-0.05, 0) is 84.3 Å². The normalized spacial score (nSPS) is 11.6. The van der Waals surface area contributed by atoms with Crippen LogP contribution in [0.2, 0.25) is 5.02 Å². The van der Waals surface area contributed by atoms with Crippen molar-refractivity contribution in [2.45, 2.75) is 13.0 Å². The molecule has 4 aromatic rings. The Balaban J connectivity index is 1.25. The average molecular weight is 499 g/mol. The largest absolute Gasteiger partial charge is 0.481 e. The molecule has 1 N–H and O–H groups in total. The molecule has 0 spiro atoms. The topological polar surface area (TPSA) is 77.0 Å². The molecule has 0 aromatic heterocycles. The second-order valence-electron chi connectivity index (χ2n) is 7.85. The third kappa shape index (κ3) is 6.81. The number of nitrogens with one attached hydrogen (secondary N) is 1. The van der Waals surface area contributed by atoms with Gasteiger partial charge in [-0.25, -0.2) is 10.2 Å². The fourth-order valence-electron chi connectivity index (χ4n) is 3.25. The van der Waals surface area contributed by atoms with E-state index in [1.54, 1.807) is 55.5 Å². The van der Waals surface area contributed by atoms with Crippen molar-refractivity contribution >= 4 is 29.7 Å². The lowest BCUT2D eigenvalue weighted by atomic mass is 10.1. The zero-order chi connectivity index (χ0) is 25.3. The molecule has 180 valence electrons. The van der Waals surface area contributed by atoms with E-state index in [2.05, 4.69) is 10.5 Å². The first kappa shape index (κ1) is 24.7. The number of hydrazone groups is 1. The molecule has 0 aliphatic rings. The summed E-state index contributed by atoms with van der Waals surface area (Å²) in [7, 11) is 0. The fraction of sp³-hybridized carbons (Fsp3) is 0.0690. The van der Waals surface area contributed by atoms with Crippen LogP contribution >= 0.6 is 11.6 Å². The van der Waals surface area contributed by atoms with Crippen molar-refractivity contribution in [3.8, 4) is 22.6 Å². The number of carbonyl (C=O) groups is 2. The van der Waals surface area contributed by atoms with Gasteiger partial charge in [-0.15, -0.1) is 0 Å². The molecule has 7 heteroatoms. The van der Waals surface area contributed by atoms with Crippen LogP contribution < -0.4 is 14.9 Å². The van der Waals surface area contributed by atoms with Crippen LogP contribution in [0, 0.1) is 0 Å². The molecule has 0 radical (unpaired) electrons. The molecule has 1 amide bonds. The summed E-state index contributed by atoms with van der Waals surface area (Å²) >= 11 is 5.84. The quantitative estimate of drug-likeness (QED) is 0.137. The second kappa shape index (κ2) is 11.8. The molecule has 4 aromatic carbocycles. The lowest BCUT2D eigenvalue weighted by Gasteiger charge is -2.13. The molecule has 6 nitrogen and oxygen atoms in total. The number of ether oxygens (including phenoxy) is 2. The van der Waals surface area contributed by atoms with Crippen molar-refractivity contribution in [1.29, 1.82) is 0 Å². The summed E-state index contributed by atoms with van der Waals surface area (Å²) in [4.78, 5) is 24.5. The maximum atomic E-state index is 12.3. The van der Waals surface area contributed by atoms with Crippen molar-refractivity contribution in [2.24, 2.45) is 5.10 Å². The summed E-state index contributed by atoms with van der Waals surface area (Å²) in [5.74, 6) is 0.109. The van der Waals surface area contributed by atoms with Gasteiger partial charge in [0.25, 0.3) is 5.91 Å². The smallest absolute Gasteiger partial charge is 0.343 e. The number of amides is 1. The van der Waals surface area contributed by atoms with Gasteiger partial charge in [-0.3, -0.25) is 4.79 Å². The SMILES string of the molecule is CC(Oc1ccc(-c2ccccc2)cc1)C(=O)N/N=C/c1ccc(OC(=O)c2ccc(Cl)cc2)cc1. The summed E-state index contributed by atoms with van der Waals surface area (Å²) in [5.41, 5.74) is 5.76. The van der Waals surface area contributed by atoms with Gasteiger partial charge < -0.3 is 9.47 Å². The van der Waals surface area contributed by atoms with Crippen LogP contribution in [0.15, 0.2) is 108 Å². The minimum Gasteiger partial charge on any atom is -0.481 e. The third-order valence-corrected chi connectivity index (χ3v) is 5.45. The van der Waals surface area contributed by atoms with Crippen LogP contribution in [0.4, 0.5) is 0 Å². The van der Waals surface area contributed by atoms with Crippen molar-refractivity contribution in [3.05, 3.63) is 119 Å². The Morgan fingerprint density at radius 3 is 2.08 bits per heavy atom. The number of carbonyl (C=O) groups excluding carboxylic acids is 2. The number of halogens is 1. The number of rotatable bonds is 8. The number of hydrogen-bond donors (Lipinski definition) is 1. The highest BCUT2D eigenvalue weighted by Crippen LogP contribution is 2.22. The van der Waals surface area contributed by atoms with Gasteiger partial charge in [0.05, 0.1) is 11.8 Å². The van der Waals surface area contributed by atoms with Crippen molar-refractivity contribution in [2.75, 3.05) is 0 Å². The van der Waals surface area contributed by atoms with Gasteiger partial charge in [-0.2, -0.15) is 5.10 Å². The van der Waals surface area contributed by atoms with Crippen LogP contribution in [0.3, 0.4) is 0 Å². The molecule has 0 saturated heterocycles. The number of hydrogen-bond acceptors (Lipinski definition) is 5. The van der Waals surface area contributed by atoms with E-state index in [1.165, 1.54) is 6.21 Å². The lowest BCUT2D eigenvalue weighted by molar-refractivity contribution is -0.127. The Kier molecular flexibility index (Phi) is 8.11. The van der Waals surface area contributed by atoms with Gasteiger partial charge >= 0.3 is 5.97 Å². The number of nitrogens with zero attached hydrogens (tertiary/aromatic N) is 1. The predicted molar refractivity (Wildman–Crippen MR) is 141 cm³/mol. The molecule has 0 bridgehead atoms. The van der Waals surface area contributed by atoms with E-state index in [4.69, 9.17) is 21.1 Å². The lowest BCUT2D eigenvalue weighted by Crippen LogP contribution is -2.33. The maximum Gasteiger partial charge on any atom is 0.343 e. The van der Waals surface area contributed by atoms with Gasteiger partial charge in [0, 0.05) is 5.02 Å². The van der Waals surface area contributed by atoms with Crippen molar-refractivity contribution < 1.29 is 19.1 Å². The Morgan fingerprint density at radius 1 is 0.806 bits per heavy atom. The number of esters is 1. The molecule has 1 unspecified atom stereocenters. The van der Waals surface area contributed by atoms with E-state index in [1.807, 2.05) is 54.6 Å². The van der Waals surface area contributed by atoms with Gasteiger partial charge in [0.2, 0.25) is 0 Å². The summed E-state index contributed by atoms with van der Waals surface area (Å²) in [6.45, 7) is 1.65. The van der Waals surface area contributed by atoms with E-state index < -0.39 is 12.1 Å². The highest BCUT2D eigenvalue weighted by Gasteiger charge is 2.14. The zero-order valence-corrected chi connectivity index (χ0v) is 20.2. The Hall–Kier alpha value is -4.42. The molecule has 0 fully saturated rings. The molecule has 36 heavy (non-hydrogen) atoms. The monoisotopic (exact) mass is 498 g/mol. The Bertz CT molecular complexity index is 1340. The molecule has 1 atom stereocenters. The minimum absolute atomic E-state index is 0.382. The van der Waals surface area contributed by atoms with Gasteiger partial charge in [-0.1, -0.05) is 54.1 Å². The molecule has 0 aliphatic heterocycles. The minimum atomic E-state index is -0.737. The molecule has 0 heterocycles. The summed E-state index contributed by atoms with van der Waals surface area (Å²) < 4.78 is 11.1. The standard InChI is InChI=1S/C29H23ClN2O4/c1-20(35-26-17-11-23(12-18-26)22-5-3-2-4-6-22)28(33)32-31-19-21-7-15-27(16-8-21)36-29(34)24-9-13-25(30)14-10-24/h2-20H,1H3,(H,32,33)/b31-19+. The first-order valence-corrected chi connectivity index (χ1v) is 11.6. The van der Waals surface area contributed by atoms with Crippen LogP contribution in [0.25, 0.3) is 11.1 Å². The fourth-order valence-corrected chi connectivity index (χ4v) is 3.38. The summed E-state index contributed by atoms with van der Waals surface area (Å²) in [6, 6.07) is 30.7. The van der Waals surface area contributed by atoms with E-state index >= 15 is 0 Å². The molecule has 0 aliphatic carbocycles. The molecule has 0 saturated carbocycles. The summed E-state index contributed by atoms with van der Waals surface area (Å²) in [5, 5.41) is 4.52. The molecular formula is C29H23ClN2O4. The zero-order valence-electron chi connectivity index (χ0n) is 19.4. The Morgan fingerprint density at radius 2 is 1.42 bits per heavy atom. The first-order chi connectivity index (χ1) is 17.5. The molecular weight excluding hydrogens is 476 g/mol. The van der Waals surface area contributed by atoms with E-state index in [0.29, 0.717) is 27.6 Å². The second-order valence-corrected chi connectivity index (χ2v) is 8.29. The highest BCUT2D eigenvalue weighted by atomic mass is 35.5. The number of benzene rings is 4. The maximum absolute atomic E-state index is 12.3. The molecule has 4 rings (SSSR count). The van der Waals surface area contributed by atoms with Crippen LogP contribution in [0.1, 0.15) is 22.8 Å². The predicted octanol–water partition coefficient (Wildman–Crippen LogP) is 6.14. The van der Waals surface area contributed by atoms with Crippen molar-refractivity contribution in [3.63, 3.8) is 0 Å². The van der Waals surface area contributed by atoms with E-state index in [-0.39, 0.29) is 5.91 Å². The van der Waals surface area contributed by atoms with Crippen LogP contribution in [0.5, 0.6) is 11.5 Å². The average Bonchev–Trinajstić information content (AvgIpc) is 2.91.